The molecule has 2 N–H and O–H groups in total. The Bertz CT molecular complexity index is 573. The Morgan fingerprint density at radius 3 is 2.38 bits per heavy atom. The summed E-state index contributed by atoms with van der Waals surface area (Å²) >= 11 is 0. The molecule has 0 radical (unpaired) electrons. The predicted octanol–water partition coefficient (Wildman–Crippen LogP) is 4.80. The lowest BCUT2D eigenvalue weighted by molar-refractivity contribution is 0.124. The van der Waals surface area contributed by atoms with Crippen molar-refractivity contribution in [1.29, 1.82) is 0 Å². The second-order valence-corrected chi connectivity index (χ2v) is 12.3. The van der Waals surface area contributed by atoms with Crippen molar-refractivity contribution in [3.05, 3.63) is 35.9 Å². The number of terminal acetylenes is 1. The first-order valence-electron chi connectivity index (χ1n) is 8.24. The number of hydrogen-bond donors (Lipinski definition) is 2. The quantitative estimate of drug-likeness (QED) is 0.550. The lowest BCUT2D eigenvalue weighted by Crippen LogP contribution is -2.47. The van der Waals surface area contributed by atoms with Gasteiger partial charge >= 0.3 is 6.09 Å². The summed E-state index contributed by atoms with van der Waals surface area (Å²) in [5.74, 6) is 2.59. The van der Waals surface area contributed by atoms with Crippen LogP contribution in [0.4, 0.5) is 4.79 Å². The molecular weight excluding hydrogens is 318 g/mol. The maximum absolute atomic E-state index is 11.3. The second kappa shape index (κ2) is 8.36. The van der Waals surface area contributed by atoms with Crippen molar-refractivity contribution in [2.24, 2.45) is 0 Å². The summed E-state index contributed by atoms with van der Waals surface area (Å²) in [5, 5.41) is 11.9. The van der Waals surface area contributed by atoms with Gasteiger partial charge in [0, 0.05) is 6.42 Å². The maximum atomic E-state index is 11.3. The Morgan fingerprint density at radius 1 is 1.33 bits per heavy atom. The number of amides is 1. The molecule has 1 amide bonds. The zero-order chi connectivity index (χ0) is 18.4. The Balaban J connectivity index is 3.21. The van der Waals surface area contributed by atoms with Crippen LogP contribution in [0.3, 0.4) is 0 Å². The summed E-state index contributed by atoms with van der Waals surface area (Å²) in [4.78, 5) is 11.3. The normalized spacial score (nSPS) is 14.5. The molecule has 1 aromatic rings. The van der Waals surface area contributed by atoms with Gasteiger partial charge in [-0.1, -0.05) is 51.1 Å². The number of benzene rings is 1. The molecule has 24 heavy (non-hydrogen) atoms. The van der Waals surface area contributed by atoms with Gasteiger partial charge in [-0.3, -0.25) is 0 Å². The molecular formula is C19H29NO3Si. The van der Waals surface area contributed by atoms with E-state index in [4.69, 9.17) is 10.8 Å². The van der Waals surface area contributed by atoms with Gasteiger partial charge in [-0.05, 0) is 30.1 Å². The van der Waals surface area contributed by atoms with Crippen LogP contribution >= 0.6 is 0 Å². The average molecular weight is 348 g/mol. The topological polar surface area (TPSA) is 58.6 Å². The molecule has 4 nitrogen and oxygen atoms in total. The van der Waals surface area contributed by atoms with Gasteiger partial charge in [0.15, 0.2) is 8.32 Å². The first kappa shape index (κ1) is 20.3. The minimum absolute atomic E-state index is 0.0277. The van der Waals surface area contributed by atoms with Crippen LogP contribution in [0.1, 0.15) is 45.3 Å². The van der Waals surface area contributed by atoms with E-state index in [-0.39, 0.29) is 17.2 Å². The molecule has 0 aliphatic rings. The molecule has 0 spiro atoms. The Morgan fingerprint density at radius 2 is 1.92 bits per heavy atom. The third-order valence-electron chi connectivity index (χ3n) is 4.63. The van der Waals surface area contributed by atoms with Crippen molar-refractivity contribution in [2.45, 2.75) is 63.9 Å². The highest BCUT2D eigenvalue weighted by Gasteiger charge is 2.41. The molecule has 0 aromatic heterocycles. The summed E-state index contributed by atoms with van der Waals surface area (Å²) in [6.07, 6.45) is 5.01. The van der Waals surface area contributed by atoms with E-state index in [1.54, 1.807) is 0 Å². The van der Waals surface area contributed by atoms with Crippen LogP contribution in [-0.2, 0) is 4.43 Å². The summed E-state index contributed by atoms with van der Waals surface area (Å²) in [7, 11) is -2.09. The number of hydrogen-bond acceptors (Lipinski definition) is 2. The third-order valence-corrected chi connectivity index (χ3v) is 9.09. The lowest BCUT2D eigenvalue weighted by Gasteiger charge is -2.41. The van der Waals surface area contributed by atoms with Gasteiger partial charge in [-0.25, -0.2) is 4.79 Å². The third kappa shape index (κ3) is 5.70. The molecule has 0 fully saturated rings. The summed E-state index contributed by atoms with van der Waals surface area (Å²) in [6, 6.07) is 9.39. The van der Waals surface area contributed by atoms with E-state index < -0.39 is 14.4 Å². The lowest BCUT2D eigenvalue weighted by atomic mass is 9.98. The minimum Gasteiger partial charge on any atom is -0.465 e. The molecule has 0 bridgehead atoms. The number of carboxylic acid groups (broad SMARTS) is 1. The van der Waals surface area contributed by atoms with Gasteiger partial charge < -0.3 is 14.8 Å². The summed E-state index contributed by atoms with van der Waals surface area (Å²) < 4.78 is 6.59. The minimum atomic E-state index is -2.09. The first-order chi connectivity index (χ1) is 11.1. The SMILES string of the molecule is C#CCC[C@@H](NC(=O)O)C(O[Si](C)(C)C(C)(C)C)c1ccccc1. The fourth-order valence-electron chi connectivity index (χ4n) is 2.22. The van der Waals surface area contributed by atoms with Crippen LogP contribution in [0.2, 0.25) is 18.1 Å². The largest absolute Gasteiger partial charge is 0.465 e. The Kier molecular flexibility index (Phi) is 7.06. The fourth-order valence-corrected chi connectivity index (χ4v) is 3.50. The number of nitrogens with one attached hydrogen (secondary N) is 1. The monoisotopic (exact) mass is 347 g/mol. The molecule has 0 aliphatic heterocycles. The van der Waals surface area contributed by atoms with Gasteiger partial charge in [-0.2, -0.15) is 0 Å². The van der Waals surface area contributed by atoms with E-state index in [0.717, 1.165) is 5.56 Å². The number of carbonyl (C=O) groups is 1. The fraction of sp³-hybridized carbons (Fsp3) is 0.526. The molecule has 0 aliphatic carbocycles. The molecule has 0 saturated carbocycles. The highest BCUT2D eigenvalue weighted by molar-refractivity contribution is 6.74. The number of rotatable bonds is 7. The van der Waals surface area contributed by atoms with Crippen molar-refractivity contribution in [3.8, 4) is 12.3 Å². The van der Waals surface area contributed by atoms with Crippen molar-refractivity contribution in [2.75, 3.05) is 0 Å². The summed E-state index contributed by atoms with van der Waals surface area (Å²) in [5.41, 5.74) is 0.970. The molecule has 1 unspecified atom stereocenters. The van der Waals surface area contributed by atoms with Gasteiger partial charge in [0.2, 0.25) is 0 Å². The second-order valence-electron chi connectivity index (χ2n) is 7.51. The van der Waals surface area contributed by atoms with Crippen LogP contribution in [0.5, 0.6) is 0 Å². The van der Waals surface area contributed by atoms with Crippen molar-refractivity contribution >= 4 is 14.4 Å². The van der Waals surface area contributed by atoms with Crippen LogP contribution in [0, 0.1) is 12.3 Å². The van der Waals surface area contributed by atoms with E-state index in [1.807, 2.05) is 30.3 Å². The zero-order valence-electron chi connectivity index (χ0n) is 15.3. The van der Waals surface area contributed by atoms with Crippen LogP contribution in [0.25, 0.3) is 0 Å². The highest BCUT2D eigenvalue weighted by Crippen LogP contribution is 2.41. The summed E-state index contributed by atoms with van der Waals surface area (Å²) in [6.45, 7) is 10.8. The van der Waals surface area contributed by atoms with Crippen molar-refractivity contribution in [1.82, 2.24) is 5.32 Å². The van der Waals surface area contributed by atoms with Crippen LogP contribution in [0.15, 0.2) is 30.3 Å². The molecule has 5 heteroatoms. The van der Waals surface area contributed by atoms with E-state index in [2.05, 4.69) is 45.1 Å². The van der Waals surface area contributed by atoms with E-state index in [1.165, 1.54) is 0 Å². The Hall–Kier alpha value is -1.77. The average Bonchev–Trinajstić information content (AvgIpc) is 2.48. The molecule has 0 heterocycles. The first-order valence-corrected chi connectivity index (χ1v) is 11.1. The van der Waals surface area contributed by atoms with E-state index >= 15 is 0 Å². The zero-order valence-corrected chi connectivity index (χ0v) is 16.3. The molecule has 132 valence electrons. The van der Waals surface area contributed by atoms with E-state index in [9.17, 15) is 9.90 Å². The smallest absolute Gasteiger partial charge is 0.404 e. The maximum Gasteiger partial charge on any atom is 0.404 e. The van der Waals surface area contributed by atoms with Crippen LogP contribution < -0.4 is 5.32 Å². The molecule has 1 rings (SSSR count). The highest BCUT2D eigenvalue weighted by atomic mass is 28.4. The molecule has 1 aromatic carbocycles. The van der Waals surface area contributed by atoms with Crippen molar-refractivity contribution in [3.63, 3.8) is 0 Å². The van der Waals surface area contributed by atoms with Gasteiger partial charge in [0.05, 0.1) is 12.1 Å². The molecule has 2 atom stereocenters. The van der Waals surface area contributed by atoms with Crippen LogP contribution in [-0.4, -0.2) is 25.6 Å². The van der Waals surface area contributed by atoms with E-state index in [0.29, 0.717) is 12.8 Å². The van der Waals surface area contributed by atoms with Crippen molar-refractivity contribution < 1.29 is 14.3 Å². The van der Waals surface area contributed by atoms with Gasteiger partial charge in [-0.15, -0.1) is 12.3 Å². The van der Waals surface area contributed by atoms with Gasteiger partial charge in [0.25, 0.3) is 0 Å². The predicted molar refractivity (Wildman–Crippen MR) is 100 cm³/mol. The molecule has 0 saturated heterocycles. The Labute approximate surface area is 146 Å². The standard InChI is InChI=1S/C19H29NO3Si/c1-7-8-14-16(20-18(21)22)17(15-12-10-9-11-13-15)23-24(5,6)19(2,3)4/h1,9-13,16-17,20H,8,14H2,2-6H3,(H,21,22)/t16-,17?/m1/s1. The van der Waals surface area contributed by atoms with Gasteiger partial charge in [0.1, 0.15) is 0 Å².